The Morgan fingerprint density at radius 2 is 1.84 bits per heavy atom. The highest BCUT2D eigenvalue weighted by atomic mass is 35.5. The molecule has 2 aromatic carbocycles. The lowest BCUT2D eigenvalue weighted by molar-refractivity contribution is -0.113. The fourth-order valence-corrected chi connectivity index (χ4v) is 4.02. The second-order valence-corrected chi connectivity index (χ2v) is 8.71. The first-order chi connectivity index (χ1) is 14.7. The highest BCUT2D eigenvalue weighted by Gasteiger charge is 2.20. The van der Waals surface area contributed by atoms with E-state index in [0.717, 1.165) is 11.3 Å². The number of nitrogens with one attached hydrogen (secondary N) is 2. The van der Waals surface area contributed by atoms with E-state index in [1.165, 1.54) is 17.8 Å². The van der Waals surface area contributed by atoms with Crippen molar-refractivity contribution in [3.8, 4) is 0 Å². The Hall–Kier alpha value is -2.55. The molecule has 1 atom stereocenters. The quantitative estimate of drug-likeness (QED) is 0.483. The number of carbonyl (C=O) groups excluding carboxylic acids is 2. The van der Waals surface area contributed by atoms with Gasteiger partial charge in [-0.15, -0.1) is 10.2 Å². The number of thioether (sulfide) groups is 1. The first-order valence-electron chi connectivity index (χ1n) is 9.39. The zero-order chi connectivity index (χ0) is 22.5. The Balaban J connectivity index is 1.59. The van der Waals surface area contributed by atoms with Crippen LogP contribution in [-0.4, -0.2) is 32.3 Å². The van der Waals surface area contributed by atoms with Gasteiger partial charge in [0.2, 0.25) is 5.91 Å². The van der Waals surface area contributed by atoms with Crippen molar-refractivity contribution in [3.63, 3.8) is 0 Å². The third-order valence-corrected chi connectivity index (χ3v) is 6.01. The molecule has 0 fully saturated rings. The number of rotatable bonds is 7. The minimum Gasteiger partial charge on any atom is -0.342 e. The Kier molecular flexibility index (Phi) is 7.59. The molecule has 2 amide bonds. The minimum absolute atomic E-state index is 0.142. The largest absolute Gasteiger partial charge is 0.342 e. The molecule has 1 heterocycles. The van der Waals surface area contributed by atoms with Gasteiger partial charge in [-0.3, -0.25) is 9.59 Å². The molecule has 10 heteroatoms. The molecule has 3 aromatic rings. The second kappa shape index (κ2) is 10.2. The zero-order valence-electron chi connectivity index (χ0n) is 17.1. The number of benzene rings is 2. The Bertz CT molecular complexity index is 1100. The monoisotopic (exact) mass is 477 g/mol. The number of nitrogens with zero attached hydrogens (tertiary/aromatic N) is 3. The van der Waals surface area contributed by atoms with Gasteiger partial charge in [-0.2, -0.15) is 0 Å². The molecule has 7 nitrogen and oxygen atoms in total. The van der Waals surface area contributed by atoms with Crippen LogP contribution in [0, 0.1) is 6.92 Å². The van der Waals surface area contributed by atoms with Crippen LogP contribution < -0.4 is 10.6 Å². The molecule has 0 aliphatic carbocycles. The van der Waals surface area contributed by atoms with Crippen molar-refractivity contribution in [2.75, 3.05) is 11.1 Å². The summed E-state index contributed by atoms with van der Waals surface area (Å²) in [5, 5.41) is 15.3. The molecule has 2 N–H and O–H groups in total. The van der Waals surface area contributed by atoms with E-state index in [0.29, 0.717) is 21.6 Å². The van der Waals surface area contributed by atoms with E-state index in [4.69, 9.17) is 23.2 Å². The molecule has 0 saturated carbocycles. The predicted octanol–water partition coefficient (Wildman–Crippen LogP) is 4.65. The van der Waals surface area contributed by atoms with Crippen molar-refractivity contribution < 1.29 is 9.59 Å². The van der Waals surface area contributed by atoms with Gasteiger partial charge in [-0.05, 0) is 44.2 Å². The Morgan fingerprint density at radius 1 is 1.13 bits per heavy atom. The summed E-state index contributed by atoms with van der Waals surface area (Å²) in [4.78, 5) is 24.7. The lowest BCUT2D eigenvalue weighted by Crippen LogP contribution is -2.28. The average Bonchev–Trinajstić information content (AvgIpc) is 3.08. The van der Waals surface area contributed by atoms with Crippen LogP contribution in [0.1, 0.15) is 34.7 Å². The fourth-order valence-electron chi connectivity index (χ4n) is 2.81. The van der Waals surface area contributed by atoms with E-state index in [1.54, 1.807) is 30.7 Å². The van der Waals surface area contributed by atoms with Crippen LogP contribution in [0.4, 0.5) is 5.69 Å². The first-order valence-corrected chi connectivity index (χ1v) is 11.1. The maximum atomic E-state index is 12.5. The van der Waals surface area contributed by atoms with Gasteiger partial charge in [0.05, 0.1) is 22.4 Å². The van der Waals surface area contributed by atoms with Crippen molar-refractivity contribution in [3.05, 3.63) is 69.5 Å². The van der Waals surface area contributed by atoms with Gasteiger partial charge in [0, 0.05) is 17.8 Å². The highest BCUT2D eigenvalue weighted by Crippen LogP contribution is 2.23. The summed E-state index contributed by atoms with van der Waals surface area (Å²) in [5.74, 6) is 0.252. The van der Waals surface area contributed by atoms with Crippen LogP contribution in [0.25, 0.3) is 0 Å². The predicted molar refractivity (Wildman–Crippen MR) is 124 cm³/mol. The summed E-state index contributed by atoms with van der Waals surface area (Å²) in [6.07, 6.45) is 0. The van der Waals surface area contributed by atoms with Crippen molar-refractivity contribution in [2.24, 2.45) is 7.05 Å². The number of amides is 2. The molecular weight excluding hydrogens is 457 g/mol. The van der Waals surface area contributed by atoms with Gasteiger partial charge in [0.15, 0.2) is 11.0 Å². The van der Waals surface area contributed by atoms with Crippen LogP contribution in [-0.2, 0) is 11.8 Å². The standard InChI is InChI=1S/C21H21Cl2N5O2S/c1-12-4-7-15(8-5-12)25-18(29)11-31-21-27-26-19(28(21)3)13(2)24-20(30)16-9-6-14(22)10-17(16)23/h4-10,13H,11H2,1-3H3,(H,24,30)(H,25,29)/t13-/m1/s1. The van der Waals surface area contributed by atoms with E-state index in [1.807, 2.05) is 31.2 Å². The topological polar surface area (TPSA) is 88.9 Å². The van der Waals surface area contributed by atoms with E-state index in [9.17, 15) is 9.59 Å². The maximum absolute atomic E-state index is 12.5. The van der Waals surface area contributed by atoms with Crippen LogP contribution in [0.15, 0.2) is 47.6 Å². The second-order valence-electron chi connectivity index (χ2n) is 6.92. The van der Waals surface area contributed by atoms with Gasteiger partial charge in [0.25, 0.3) is 5.91 Å². The van der Waals surface area contributed by atoms with Crippen molar-refractivity contribution >= 4 is 52.5 Å². The molecule has 31 heavy (non-hydrogen) atoms. The third-order valence-electron chi connectivity index (χ3n) is 4.45. The third kappa shape index (κ3) is 6.00. The normalized spacial score (nSPS) is 11.8. The van der Waals surface area contributed by atoms with Crippen LogP contribution >= 0.6 is 35.0 Å². The van der Waals surface area contributed by atoms with E-state index in [-0.39, 0.29) is 22.6 Å². The summed E-state index contributed by atoms with van der Waals surface area (Å²) in [6, 6.07) is 11.8. The maximum Gasteiger partial charge on any atom is 0.253 e. The molecule has 162 valence electrons. The smallest absolute Gasteiger partial charge is 0.253 e. The minimum atomic E-state index is -0.424. The van der Waals surface area contributed by atoms with E-state index < -0.39 is 6.04 Å². The SMILES string of the molecule is Cc1ccc(NC(=O)CSc2nnc([C@@H](C)NC(=O)c3ccc(Cl)cc3Cl)n2C)cc1. The summed E-state index contributed by atoms with van der Waals surface area (Å²) in [6.45, 7) is 3.78. The van der Waals surface area contributed by atoms with E-state index in [2.05, 4.69) is 20.8 Å². The number of hydrogen-bond acceptors (Lipinski definition) is 5. The first kappa shape index (κ1) is 23.1. The summed E-state index contributed by atoms with van der Waals surface area (Å²) >= 11 is 13.3. The number of hydrogen-bond donors (Lipinski definition) is 2. The molecule has 1 aromatic heterocycles. The number of aromatic nitrogens is 3. The number of halogens is 2. The average molecular weight is 478 g/mol. The van der Waals surface area contributed by atoms with Crippen LogP contribution in [0.2, 0.25) is 10.0 Å². The van der Waals surface area contributed by atoms with Gasteiger partial charge < -0.3 is 15.2 Å². The molecule has 0 saturated heterocycles. The lowest BCUT2D eigenvalue weighted by Gasteiger charge is -2.14. The Labute approximate surface area is 194 Å². The van der Waals surface area contributed by atoms with Gasteiger partial charge >= 0.3 is 0 Å². The van der Waals surface area contributed by atoms with Gasteiger partial charge in [-0.1, -0.05) is 52.7 Å². The molecule has 0 radical (unpaired) electrons. The fraction of sp³-hybridized carbons (Fsp3) is 0.238. The van der Waals surface area contributed by atoms with Gasteiger partial charge in [0.1, 0.15) is 0 Å². The highest BCUT2D eigenvalue weighted by molar-refractivity contribution is 7.99. The number of aryl methyl sites for hydroxylation is 1. The Morgan fingerprint density at radius 3 is 2.52 bits per heavy atom. The van der Waals surface area contributed by atoms with Crippen LogP contribution in [0.3, 0.4) is 0 Å². The number of carbonyl (C=O) groups is 2. The molecule has 0 unspecified atom stereocenters. The molecular formula is C21H21Cl2N5O2S. The van der Waals surface area contributed by atoms with E-state index >= 15 is 0 Å². The van der Waals surface area contributed by atoms with Crippen molar-refractivity contribution in [1.29, 1.82) is 0 Å². The lowest BCUT2D eigenvalue weighted by atomic mass is 10.2. The summed E-state index contributed by atoms with van der Waals surface area (Å²) < 4.78 is 1.75. The number of anilines is 1. The zero-order valence-corrected chi connectivity index (χ0v) is 19.5. The van der Waals surface area contributed by atoms with Crippen LogP contribution in [0.5, 0.6) is 0 Å². The van der Waals surface area contributed by atoms with Crippen molar-refractivity contribution in [1.82, 2.24) is 20.1 Å². The summed E-state index contributed by atoms with van der Waals surface area (Å²) in [7, 11) is 1.79. The molecule has 0 spiro atoms. The molecule has 3 rings (SSSR count). The summed E-state index contributed by atoms with van der Waals surface area (Å²) in [5.41, 5.74) is 2.19. The molecule has 0 bridgehead atoms. The molecule has 0 aliphatic rings. The molecule has 0 aliphatic heterocycles. The van der Waals surface area contributed by atoms with Gasteiger partial charge in [-0.25, -0.2) is 0 Å². The van der Waals surface area contributed by atoms with Crippen molar-refractivity contribution in [2.45, 2.75) is 25.0 Å².